The lowest BCUT2D eigenvalue weighted by atomic mass is 10.2. The van der Waals surface area contributed by atoms with Gasteiger partial charge in [-0.05, 0) is 33.4 Å². The van der Waals surface area contributed by atoms with Gasteiger partial charge in [-0.2, -0.15) is 0 Å². The van der Waals surface area contributed by atoms with E-state index in [1.807, 2.05) is 0 Å². The topological polar surface area (TPSA) is 49.5 Å². The highest BCUT2D eigenvalue weighted by Crippen LogP contribution is 2.29. The van der Waals surface area contributed by atoms with E-state index in [9.17, 15) is 5.11 Å². The molecule has 2 atom stereocenters. The molecule has 0 saturated carbocycles. The third-order valence-electron chi connectivity index (χ3n) is 2.87. The lowest BCUT2D eigenvalue weighted by Gasteiger charge is -2.15. The molecule has 1 aromatic heterocycles. The normalized spacial score (nSPS) is 24.6. The molecule has 4 nitrogen and oxygen atoms in total. The second kappa shape index (κ2) is 4.33. The number of aliphatic hydroxyl groups excluding tert-OH is 1. The van der Waals surface area contributed by atoms with Crippen molar-refractivity contribution in [1.82, 2.24) is 9.88 Å². The number of hydrogen-bond acceptors (Lipinski definition) is 4. The molecular formula is C11H18N2O2. The predicted molar refractivity (Wildman–Crippen MR) is 56.5 cm³/mol. The summed E-state index contributed by atoms with van der Waals surface area (Å²) in [7, 11) is 2.09. The van der Waals surface area contributed by atoms with Gasteiger partial charge in [-0.15, -0.1) is 0 Å². The lowest BCUT2D eigenvalue weighted by Crippen LogP contribution is -2.17. The van der Waals surface area contributed by atoms with Crippen LogP contribution in [0.4, 0.5) is 0 Å². The zero-order valence-corrected chi connectivity index (χ0v) is 9.31. The lowest BCUT2D eigenvalue weighted by molar-refractivity contribution is 0.183. The third kappa shape index (κ3) is 2.38. The number of aromatic nitrogens is 1. The Bertz CT molecular complexity index is 322. The highest BCUT2D eigenvalue weighted by molar-refractivity contribution is 5.01. The summed E-state index contributed by atoms with van der Waals surface area (Å²) in [4.78, 5) is 6.54. The molecule has 0 bridgehead atoms. The summed E-state index contributed by atoms with van der Waals surface area (Å²) in [6.45, 7) is 2.86. The minimum absolute atomic E-state index is 0.327. The van der Waals surface area contributed by atoms with E-state index in [2.05, 4.69) is 16.9 Å². The van der Waals surface area contributed by atoms with Crippen LogP contribution < -0.4 is 0 Å². The fourth-order valence-corrected chi connectivity index (χ4v) is 2.08. The van der Waals surface area contributed by atoms with Crippen LogP contribution in [0.2, 0.25) is 0 Å². The van der Waals surface area contributed by atoms with Gasteiger partial charge in [0.05, 0.1) is 18.3 Å². The maximum atomic E-state index is 9.23. The molecule has 2 heterocycles. The molecule has 4 heteroatoms. The van der Waals surface area contributed by atoms with Crippen LogP contribution in [0, 0.1) is 0 Å². The molecule has 1 aromatic rings. The van der Waals surface area contributed by atoms with E-state index in [4.69, 9.17) is 4.42 Å². The SMILES string of the molecule is CC(O)Cc1cnc(C2CCCN2C)o1. The Morgan fingerprint density at radius 2 is 2.53 bits per heavy atom. The fourth-order valence-electron chi connectivity index (χ4n) is 2.08. The fraction of sp³-hybridized carbons (Fsp3) is 0.727. The van der Waals surface area contributed by atoms with Crippen LogP contribution in [0.3, 0.4) is 0 Å². The molecule has 1 aliphatic rings. The van der Waals surface area contributed by atoms with Crippen LogP contribution in [0.15, 0.2) is 10.6 Å². The summed E-state index contributed by atoms with van der Waals surface area (Å²) in [5.41, 5.74) is 0. The number of rotatable bonds is 3. The smallest absolute Gasteiger partial charge is 0.211 e. The number of likely N-dealkylation sites (tertiary alicyclic amines) is 1. The maximum absolute atomic E-state index is 9.23. The molecule has 1 N–H and O–H groups in total. The van der Waals surface area contributed by atoms with E-state index in [0.29, 0.717) is 12.5 Å². The molecule has 1 aliphatic heterocycles. The largest absolute Gasteiger partial charge is 0.444 e. The van der Waals surface area contributed by atoms with Crippen LogP contribution in [-0.2, 0) is 6.42 Å². The van der Waals surface area contributed by atoms with Crippen LogP contribution in [0.1, 0.15) is 37.5 Å². The first kappa shape index (κ1) is 10.6. The molecule has 84 valence electrons. The number of nitrogens with zero attached hydrogens (tertiary/aromatic N) is 2. The van der Waals surface area contributed by atoms with E-state index in [1.165, 1.54) is 6.42 Å². The summed E-state index contributed by atoms with van der Waals surface area (Å²) in [6.07, 6.45) is 4.23. The monoisotopic (exact) mass is 210 g/mol. The Morgan fingerprint density at radius 1 is 1.73 bits per heavy atom. The van der Waals surface area contributed by atoms with Gasteiger partial charge in [0.1, 0.15) is 5.76 Å². The molecule has 0 spiro atoms. The first-order valence-corrected chi connectivity index (χ1v) is 5.49. The summed E-state index contributed by atoms with van der Waals surface area (Å²) in [6, 6.07) is 0.327. The molecule has 0 radical (unpaired) electrons. The number of hydrogen-bond donors (Lipinski definition) is 1. The molecule has 0 amide bonds. The van der Waals surface area contributed by atoms with Gasteiger partial charge >= 0.3 is 0 Å². The van der Waals surface area contributed by atoms with Crippen LogP contribution in [0.25, 0.3) is 0 Å². The van der Waals surface area contributed by atoms with Crippen molar-refractivity contribution in [2.75, 3.05) is 13.6 Å². The Morgan fingerprint density at radius 3 is 3.13 bits per heavy atom. The second-order valence-electron chi connectivity index (χ2n) is 4.36. The average molecular weight is 210 g/mol. The Balaban J connectivity index is 2.06. The maximum Gasteiger partial charge on any atom is 0.211 e. The van der Waals surface area contributed by atoms with Crippen molar-refractivity contribution in [2.45, 2.75) is 38.3 Å². The Hall–Kier alpha value is -0.870. The van der Waals surface area contributed by atoms with E-state index < -0.39 is 0 Å². The summed E-state index contributed by atoms with van der Waals surface area (Å²) in [5.74, 6) is 1.57. The highest BCUT2D eigenvalue weighted by Gasteiger charge is 2.26. The third-order valence-corrected chi connectivity index (χ3v) is 2.87. The minimum Gasteiger partial charge on any atom is -0.444 e. The predicted octanol–water partition coefficient (Wildman–Crippen LogP) is 1.36. The molecule has 2 rings (SSSR count). The number of oxazole rings is 1. The Labute approximate surface area is 89.9 Å². The van der Waals surface area contributed by atoms with Crippen molar-refractivity contribution in [3.05, 3.63) is 17.8 Å². The average Bonchev–Trinajstić information content (AvgIpc) is 2.72. The van der Waals surface area contributed by atoms with E-state index in [-0.39, 0.29) is 6.10 Å². The van der Waals surface area contributed by atoms with Gasteiger partial charge in [0.25, 0.3) is 0 Å². The van der Waals surface area contributed by atoms with Crippen LogP contribution >= 0.6 is 0 Å². The summed E-state index contributed by atoms with van der Waals surface area (Å²) >= 11 is 0. The zero-order valence-electron chi connectivity index (χ0n) is 9.31. The van der Waals surface area contributed by atoms with Crippen LogP contribution in [-0.4, -0.2) is 34.7 Å². The molecule has 0 aromatic carbocycles. The van der Waals surface area contributed by atoms with Gasteiger partial charge in [-0.3, -0.25) is 4.90 Å². The van der Waals surface area contributed by atoms with Gasteiger partial charge < -0.3 is 9.52 Å². The van der Waals surface area contributed by atoms with E-state index >= 15 is 0 Å². The van der Waals surface area contributed by atoms with E-state index in [1.54, 1.807) is 13.1 Å². The molecule has 2 unspecified atom stereocenters. The van der Waals surface area contributed by atoms with Crippen molar-refractivity contribution < 1.29 is 9.52 Å². The van der Waals surface area contributed by atoms with Crippen molar-refractivity contribution >= 4 is 0 Å². The van der Waals surface area contributed by atoms with Crippen molar-refractivity contribution in [2.24, 2.45) is 0 Å². The van der Waals surface area contributed by atoms with Gasteiger partial charge in [0, 0.05) is 6.42 Å². The van der Waals surface area contributed by atoms with Crippen LogP contribution in [0.5, 0.6) is 0 Å². The molecule has 1 saturated heterocycles. The molecule has 1 fully saturated rings. The molecular weight excluding hydrogens is 192 g/mol. The second-order valence-corrected chi connectivity index (χ2v) is 4.36. The molecule has 0 aliphatic carbocycles. The van der Waals surface area contributed by atoms with Crippen molar-refractivity contribution in [3.8, 4) is 0 Å². The standard InChI is InChI=1S/C11H18N2O2/c1-8(14)6-9-7-12-11(15-9)10-4-3-5-13(10)2/h7-8,10,14H,3-6H2,1-2H3. The summed E-state index contributed by atoms with van der Waals surface area (Å²) < 4.78 is 5.64. The van der Waals surface area contributed by atoms with Gasteiger partial charge in [-0.1, -0.05) is 0 Å². The van der Waals surface area contributed by atoms with Gasteiger partial charge in [0.15, 0.2) is 0 Å². The highest BCUT2D eigenvalue weighted by atomic mass is 16.4. The van der Waals surface area contributed by atoms with Gasteiger partial charge in [0.2, 0.25) is 5.89 Å². The van der Waals surface area contributed by atoms with Gasteiger partial charge in [-0.25, -0.2) is 4.98 Å². The van der Waals surface area contributed by atoms with Crippen molar-refractivity contribution in [3.63, 3.8) is 0 Å². The Kier molecular flexibility index (Phi) is 3.07. The van der Waals surface area contributed by atoms with Crippen molar-refractivity contribution in [1.29, 1.82) is 0 Å². The molecule has 15 heavy (non-hydrogen) atoms. The number of aliphatic hydroxyl groups is 1. The van der Waals surface area contributed by atoms with E-state index in [0.717, 1.165) is 24.6 Å². The zero-order chi connectivity index (χ0) is 10.8. The minimum atomic E-state index is -0.368. The summed E-state index contributed by atoms with van der Waals surface area (Å²) in [5, 5.41) is 9.23. The first-order chi connectivity index (χ1) is 7.16. The first-order valence-electron chi connectivity index (χ1n) is 5.49. The quantitative estimate of drug-likeness (QED) is 0.818.